The molecule has 4 aliphatic rings. The van der Waals surface area contributed by atoms with Gasteiger partial charge in [-0.1, -0.05) is 47.5 Å². The number of nitrogens with one attached hydrogen (secondary N) is 3. The second-order valence-electron chi connectivity index (χ2n) is 17.7. The highest BCUT2D eigenvalue weighted by Gasteiger charge is 2.32. The van der Waals surface area contributed by atoms with Gasteiger partial charge in [0.15, 0.2) is 0 Å². The van der Waals surface area contributed by atoms with E-state index in [4.69, 9.17) is 23.2 Å². The van der Waals surface area contributed by atoms with Crippen molar-refractivity contribution in [1.82, 2.24) is 19.4 Å². The molecule has 2 unspecified atom stereocenters. The maximum Gasteiger partial charge on any atom is 0.263 e. The maximum absolute atomic E-state index is 13.4. The van der Waals surface area contributed by atoms with Crippen molar-refractivity contribution in [3.63, 3.8) is 0 Å². The van der Waals surface area contributed by atoms with Gasteiger partial charge in [-0.15, -0.1) is 0 Å². The lowest BCUT2D eigenvalue weighted by atomic mass is 10.0. The predicted molar refractivity (Wildman–Crippen MR) is 282 cm³/mol. The predicted octanol–water partition coefficient (Wildman–Crippen LogP) is 8.43. The molecule has 0 bridgehead atoms. The maximum atomic E-state index is 13.4. The van der Waals surface area contributed by atoms with E-state index >= 15 is 0 Å². The topological polar surface area (TPSA) is 158 Å². The lowest BCUT2D eigenvalue weighted by molar-refractivity contribution is -0.129. The van der Waals surface area contributed by atoms with Crippen molar-refractivity contribution in [3.05, 3.63) is 186 Å². The molecule has 4 aromatic carbocycles. The Morgan fingerprint density at radius 1 is 0.549 bits per heavy atom. The van der Waals surface area contributed by atoms with Crippen molar-refractivity contribution in [1.29, 1.82) is 0 Å². The van der Waals surface area contributed by atoms with Gasteiger partial charge in [-0.25, -0.2) is 0 Å². The van der Waals surface area contributed by atoms with Gasteiger partial charge in [-0.3, -0.25) is 28.8 Å². The van der Waals surface area contributed by atoms with Crippen molar-refractivity contribution >= 4 is 80.5 Å². The number of aromatic nitrogens is 2. The molecule has 2 fully saturated rings. The SMILES string of the molecule is CC(=O)Cl.CC(=O)N1CCN(c2cccc3c2CCC3n2cccc(C(=O)Nc3ccc(Cl)cc3)c2=O)CC1.O=C(Nc1ccc(Cl)cc1)c1cccn(C2CCc3c2cccc3N2CCNCC2)c1=O. The molecule has 2 aliphatic carbocycles. The molecule has 4 heterocycles. The normalized spacial score (nSPS) is 16.9. The molecule has 14 nitrogen and oxygen atoms in total. The van der Waals surface area contributed by atoms with Crippen LogP contribution in [-0.4, -0.2) is 89.4 Å². The number of benzene rings is 4. The Kier molecular flexibility index (Phi) is 16.4. The fourth-order valence-corrected chi connectivity index (χ4v) is 10.1. The number of rotatable bonds is 8. The smallest absolute Gasteiger partial charge is 0.263 e. The zero-order chi connectivity index (χ0) is 50.2. The molecule has 368 valence electrons. The van der Waals surface area contributed by atoms with Crippen LogP contribution in [0.2, 0.25) is 10.0 Å². The minimum atomic E-state index is -0.443. The van der Waals surface area contributed by atoms with Gasteiger partial charge in [0.1, 0.15) is 11.1 Å². The van der Waals surface area contributed by atoms with E-state index < -0.39 is 11.8 Å². The summed E-state index contributed by atoms with van der Waals surface area (Å²) in [4.78, 5) is 79.9. The van der Waals surface area contributed by atoms with Crippen LogP contribution < -0.4 is 36.9 Å². The zero-order valence-corrected chi connectivity index (χ0v) is 41.8. The van der Waals surface area contributed by atoms with Gasteiger partial charge in [0.2, 0.25) is 11.1 Å². The van der Waals surface area contributed by atoms with E-state index in [9.17, 15) is 28.8 Å². The van der Waals surface area contributed by atoms with E-state index in [-0.39, 0.29) is 45.5 Å². The number of carbonyl (C=O) groups excluding carboxylic acids is 4. The Balaban J connectivity index is 0.000000178. The first-order chi connectivity index (χ1) is 34.3. The van der Waals surface area contributed by atoms with Crippen LogP contribution >= 0.6 is 34.8 Å². The lowest BCUT2D eigenvalue weighted by Crippen LogP contribution is -2.48. The Labute approximate surface area is 427 Å². The molecule has 3 N–H and O–H groups in total. The summed E-state index contributed by atoms with van der Waals surface area (Å²) < 4.78 is 3.39. The van der Waals surface area contributed by atoms with E-state index in [1.165, 1.54) is 35.0 Å². The average Bonchev–Trinajstić information content (AvgIpc) is 4.01. The number of fused-ring (bicyclic) bond motifs is 2. The van der Waals surface area contributed by atoms with E-state index in [1.54, 1.807) is 101 Å². The number of halogens is 3. The summed E-state index contributed by atoms with van der Waals surface area (Å²) in [5, 5.41) is 9.77. The summed E-state index contributed by atoms with van der Waals surface area (Å²) in [5.74, 6) is -0.746. The molecule has 0 saturated carbocycles. The lowest BCUT2D eigenvalue weighted by Gasteiger charge is -2.36. The van der Waals surface area contributed by atoms with Crippen LogP contribution in [0.4, 0.5) is 22.7 Å². The van der Waals surface area contributed by atoms with Crippen molar-refractivity contribution in [2.45, 2.75) is 51.6 Å². The van der Waals surface area contributed by atoms with E-state index in [0.29, 0.717) is 34.5 Å². The molecule has 2 saturated heterocycles. The molecule has 2 aliphatic heterocycles. The monoisotopic (exact) mass is 1020 g/mol. The number of piperazine rings is 2. The molecular formula is C54H55Cl3N8O6. The summed E-state index contributed by atoms with van der Waals surface area (Å²) in [6.07, 6.45) is 6.98. The molecular weight excluding hydrogens is 963 g/mol. The van der Waals surface area contributed by atoms with Gasteiger partial charge >= 0.3 is 0 Å². The summed E-state index contributed by atoms with van der Waals surface area (Å²) >= 11 is 16.5. The molecule has 3 amide bonds. The summed E-state index contributed by atoms with van der Waals surface area (Å²) in [6, 6.07) is 32.7. The summed E-state index contributed by atoms with van der Waals surface area (Å²) in [5.41, 5.74) is 8.15. The first-order valence-corrected chi connectivity index (χ1v) is 24.8. The van der Waals surface area contributed by atoms with Crippen LogP contribution in [0.3, 0.4) is 0 Å². The quantitative estimate of drug-likeness (QED) is 0.127. The molecule has 2 atom stereocenters. The van der Waals surface area contributed by atoms with Gasteiger partial charge in [0, 0.05) is 111 Å². The van der Waals surface area contributed by atoms with E-state index in [1.807, 2.05) is 11.0 Å². The Bertz CT molecular complexity index is 3030. The highest BCUT2D eigenvalue weighted by molar-refractivity contribution is 6.62. The molecule has 2 aromatic heterocycles. The zero-order valence-electron chi connectivity index (χ0n) is 39.5. The molecule has 6 aromatic rings. The summed E-state index contributed by atoms with van der Waals surface area (Å²) in [7, 11) is 0. The van der Waals surface area contributed by atoms with Gasteiger partial charge in [0.05, 0.1) is 12.1 Å². The van der Waals surface area contributed by atoms with Crippen LogP contribution in [0.5, 0.6) is 0 Å². The van der Waals surface area contributed by atoms with E-state index in [0.717, 1.165) is 70.5 Å². The minimum absolute atomic E-state index is 0.0661. The Hall–Kier alpha value is -6.71. The molecule has 0 radical (unpaired) electrons. The highest BCUT2D eigenvalue weighted by Crippen LogP contribution is 2.40. The van der Waals surface area contributed by atoms with Crippen molar-refractivity contribution < 1.29 is 19.2 Å². The molecule has 17 heteroatoms. The second kappa shape index (κ2) is 23.0. The van der Waals surface area contributed by atoms with Gasteiger partial charge in [0.25, 0.3) is 22.9 Å². The number of amides is 3. The number of hydrogen-bond donors (Lipinski definition) is 3. The van der Waals surface area contributed by atoms with Crippen LogP contribution in [-0.2, 0) is 22.4 Å². The minimum Gasteiger partial charge on any atom is -0.369 e. The van der Waals surface area contributed by atoms with Gasteiger partial charge < -0.3 is 39.8 Å². The standard InChI is InChI=1S/C27H27ClN4O3.C25H25ClN4O2.C2H3ClO/c1-18(33)30-14-16-31(17-15-30)24-6-2-4-21-22(24)11-12-25(21)32-13-3-5-23(27(32)35)26(34)29-20-9-7-19(28)8-10-20;26-17-6-8-18(9-7-17)28-24(31)21-4-2-14-30(25(21)32)23-11-10-20-19(23)3-1-5-22(20)29-15-12-27-13-16-29;1-2(3)4/h2-10,13,25H,11-12,14-17H2,1H3,(H,29,34);1-9,14,23,27H,10-13,15-16H2,(H,28,31);1H3. The first kappa shape index (κ1) is 50.7. The van der Waals surface area contributed by atoms with Crippen molar-refractivity contribution in [2.24, 2.45) is 0 Å². The Morgan fingerprint density at radius 3 is 1.37 bits per heavy atom. The third kappa shape index (κ3) is 11.9. The number of anilines is 4. The third-order valence-electron chi connectivity index (χ3n) is 13.3. The fraction of sp³-hybridized carbons (Fsp3) is 0.296. The third-order valence-corrected chi connectivity index (χ3v) is 13.8. The largest absolute Gasteiger partial charge is 0.369 e. The summed E-state index contributed by atoms with van der Waals surface area (Å²) in [6.45, 7) is 9.86. The highest BCUT2D eigenvalue weighted by atomic mass is 35.5. The molecule has 10 rings (SSSR count). The van der Waals surface area contributed by atoms with Crippen LogP contribution in [0, 0.1) is 0 Å². The number of pyridine rings is 2. The average molecular weight is 1020 g/mol. The van der Waals surface area contributed by atoms with Crippen LogP contribution in [0.15, 0.2) is 131 Å². The van der Waals surface area contributed by atoms with Crippen LogP contribution in [0.1, 0.15) is 81.7 Å². The van der Waals surface area contributed by atoms with Crippen molar-refractivity contribution in [3.8, 4) is 0 Å². The van der Waals surface area contributed by atoms with Gasteiger partial charge in [-0.05, 0) is 144 Å². The van der Waals surface area contributed by atoms with Crippen LogP contribution in [0.25, 0.3) is 0 Å². The Morgan fingerprint density at radius 2 is 0.958 bits per heavy atom. The fourth-order valence-electron chi connectivity index (χ4n) is 9.88. The number of carbonyl (C=O) groups is 4. The second-order valence-corrected chi connectivity index (χ2v) is 19.1. The number of hydrogen-bond acceptors (Lipinski definition) is 9. The molecule has 0 spiro atoms. The molecule has 71 heavy (non-hydrogen) atoms. The first-order valence-electron chi connectivity index (χ1n) is 23.7. The van der Waals surface area contributed by atoms with Crippen molar-refractivity contribution in [2.75, 3.05) is 72.8 Å². The number of nitrogens with zero attached hydrogens (tertiary/aromatic N) is 5. The van der Waals surface area contributed by atoms with Gasteiger partial charge in [-0.2, -0.15) is 0 Å². The van der Waals surface area contributed by atoms with E-state index in [2.05, 4.69) is 67.7 Å².